The van der Waals surface area contributed by atoms with Crippen LogP contribution >= 0.6 is 0 Å². The number of hydrogen-bond acceptors (Lipinski definition) is 4. The highest BCUT2D eigenvalue weighted by Gasteiger charge is 2.03. The molecule has 1 aromatic rings. The van der Waals surface area contributed by atoms with E-state index in [9.17, 15) is 14.7 Å². The van der Waals surface area contributed by atoms with E-state index in [4.69, 9.17) is 10.8 Å². The summed E-state index contributed by atoms with van der Waals surface area (Å²) in [5.41, 5.74) is 6.14. The van der Waals surface area contributed by atoms with Crippen molar-refractivity contribution in [3.63, 3.8) is 0 Å². The van der Waals surface area contributed by atoms with Crippen molar-refractivity contribution in [3.05, 3.63) is 18.2 Å². The molecule has 0 bridgehead atoms. The van der Waals surface area contributed by atoms with Crippen molar-refractivity contribution in [2.45, 2.75) is 25.7 Å². The van der Waals surface area contributed by atoms with Crippen LogP contribution in [-0.2, 0) is 4.79 Å². The molecule has 0 saturated carbocycles. The molecule has 0 aromatic heterocycles. The number of nitrogens with one attached hydrogen (secondary N) is 2. The molecule has 0 spiro atoms. The molecule has 0 aliphatic carbocycles. The Balaban J connectivity index is 2.20. The third-order valence-electron chi connectivity index (χ3n) is 2.64. The standard InChI is InChI=1S/C13H19N3O4/c14-10-6-5-9(8-11(10)17)16-13(20)15-7-3-1-2-4-12(18)19/h5-6,8,17H,1-4,7,14H2,(H,18,19)(H2,15,16,20). The number of phenolic OH excluding ortho intramolecular Hbond substituents is 1. The van der Waals surface area contributed by atoms with E-state index >= 15 is 0 Å². The van der Waals surface area contributed by atoms with Gasteiger partial charge in [0.25, 0.3) is 0 Å². The molecule has 1 rings (SSSR count). The molecular weight excluding hydrogens is 262 g/mol. The van der Waals surface area contributed by atoms with Crippen LogP contribution in [0.5, 0.6) is 5.75 Å². The highest BCUT2D eigenvalue weighted by atomic mass is 16.4. The molecule has 0 atom stereocenters. The molecule has 0 saturated heterocycles. The average molecular weight is 281 g/mol. The molecule has 1 aromatic carbocycles. The van der Waals surface area contributed by atoms with E-state index in [1.165, 1.54) is 12.1 Å². The number of urea groups is 1. The van der Waals surface area contributed by atoms with Crippen LogP contribution in [0.4, 0.5) is 16.2 Å². The number of carbonyl (C=O) groups excluding carboxylic acids is 1. The quantitative estimate of drug-likeness (QED) is 0.296. The Hall–Kier alpha value is -2.44. The van der Waals surface area contributed by atoms with Crippen LogP contribution in [0.15, 0.2) is 18.2 Å². The van der Waals surface area contributed by atoms with E-state index < -0.39 is 5.97 Å². The SMILES string of the molecule is Nc1ccc(NC(=O)NCCCCCC(=O)O)cc1O. The third kappa shape index (κ3) is 5.94. The van der Waals surface area contributed by atoms with Crippen molar-refractivity contribution in [2.24, 2.45) is 0 Å². The summed E-state index contributed by atoms with van der Waals surface area (Å²) in [6.07, 6.45) is 2.21. The fourth-order valence-electron chi connectivity index (χ4n) is 1.58. The van der Waals surface area contributed by atoms with Crippen LogP contribution in [0.25, 0.3) is 0 Å². The van der Waals surface area contributed by atoms with Gasteiger partial charge in [-0.1, -0.05) is 6.42 Å². The topological polar surface area (TPSA) is 125 Å². The van der Waals surface area contributed by atoms with Gasteiger partial charge < -0.3 is 26.6 Å². The normalized spacial score (nSPS) is 10.0. The van der Waals surface area contributed by atoms with E-state index in [1.54, 1.807) is 6.07 Å². The second-order valence-electron chi connectivity index (χ2n) is 4.36. The molecule has 7 heteroatoms. The summed E-state index contributed by atoms with van der Waals surface area (Å²) in [6, 6.07) is 4.06. The number of aliphatic carboxylic acids is 1. The number of phenols is 1. The first-order valence-electron chi connectivity index (χ1n) is 6.34. The molecule has 20 heavy (non-hydrogen) atoms. The molecule has 0 aliphatic heterocycles. The molecule has 0 unspecified atom stereocenters. The van der Waals surface area contributed by atoms with Gasteiger partial charge in [0.15, 0.2) is 0 Å². The molecule has 2 amide bonds. The molecule has 0 aliphatic rings. The largest absolute Gasteiger partial charge is 0.506 e. The average Bonchev–Trinajstić information content (AvgIpc) is 2.38. The molecule has 0 heterocycles. The number of hydrogen-bond donors (Lipinski definition) is 5. The molecule has 110 valence electrons. The first kappa shape index (κ1) is 15.6. The first-order valence-corrected chi connectivity index (χ1v) is 6.34. The molecule has 7 nitrogen and oxygen atoms in total. The van der Waals surface area contributed by atoms with Crippen LogP contribution in [-0.4, -0.2) is 28.8 Å². The van der Waals surface area contributed by atoms with Crippen LogP contribution in [0.1, 0.15) is 25.7 Å². The zero-order chi connectivity index (χ0) is 15.0. The van der Waals surface area contributed by atoms with Gasteiger partial charge in [0.1, 0.15) is 5.75 Å². The van der Waals surface area contributed by atoms with E-state index in [0.717, 1.165) is 6.42 Å². The van der Waals surface area contributed by atoms with Gasteiger partial charge in [0.2, 0.25) is 0 Å². The minimum atomic E-state index is -0.807. The molecule has 6 N–H and O–H groups in total. The number of carbonyl (C=O) groups is 2. The number of amides is 2. The second-order valence-corrected chi connectivity index (χ2v) is 4.36. The summed E-state index contributed by atoms with van der Waals surface area (Å²) >= 11 is 0. The maximum Gasteiger partial charge on any atom is 0.319 e. The lowest BCUT2D eigenvalue weighted by Crippen LogP contribution is -2.29. The minimum Gasteiger partial charge on any atom is -0.506 e. The van der Waals surface area contributed by atoms with Crippen molar-refractivity contribution in [2.75, 3.05) is 17.6 Å². The van der Waals surface area contributed by atoms with Crippen molar-refractivity contribution >= 4 is 23.4 Å². The smallest absolute Gasteiger partial charge is 0.319 e. The van der Waals surface area contributed by atoms with Gasteiger partial charge in [-0.25, -0.2) is 4.79 Å². The summed E-state index contributed by atoms with van der Waals surface area (Å²) in [6.45, 7) is 0.465. The van der Waals surface area contributed by atoms with E-state index in [0.29, 0.717) is 25.1 Å². The number of carboxylic acids is 1. The predicted molar refractivity (Wildman–Crippen MR) is 75.6 cm³/mol. The van der Waals surface area contributed by atoms with Crippen LogP contribution < -0.4 is 16.4 Å². The lowest BCUT2D eigenvalue weighted by molar-refractivity contribution is -0.137. The molecule has 0 fully saturated rings. The Morgan fingerprint density at radius 3 is 2.60 bits per heavy atom. The highest BCUT2D eigenvalue weighted by molar-refractivity contribution is 5.89. The van der Waals surface area contributed by atoms with Crippen LogP contribution in [0.2, 0.25) is 0 Å². The van der Waals surface area contributed by atoms with Crippen LogP contribution in [0.3, 0.4) is 0 Å². The highest BCUT2D eigenvalue weighted by Crippen LogP contribution is 2.23. The Kier molecular flexibility index (Phi) is 6.15. The Labute approximate surface area is 116 Å². The zero-order valence-electron chi connectivity index (χ0n) is 11.1. The van der Waals surface area contributed by atoms with Crippen LogP contribution in [0, 0.1) is 0 Å². The first-order chi connectivity index (χ1) is 9.49. The van der Waals surface area contributed by atoms with Gasteiger partial charge in [-0.15, -0.1) is 0 Å². The maximum absolute atomic E-state index is 11.5. The van der Waals surface area contributed by atoms with Crippen molar-refractivity contribution in [3.8, 4) is 5.75 Å². The van der Waals surface area contributed by atoms with Gasteiger partial charge in [-0.2, -0.15) is 0 Å². The summed E-state index contributed by atoms with van der Waals surface area (Å²) < 4.78 is 0. The predicted octanol–water partition coefficient (Wildman–Crippen LogP) is 1.74. The van der Waals surface area contributed by atoms with Gasteiger partial charge >= 0.3 is 12.0 Å². The fourth-order valence-corrected chi connectivity index (χ4v) is 1.58. The number of nitrogens with two attached hydrogens (primary N) is 1. The van der Waals surface area contributed by atoms with Gasteiger partial charge in [-0.3, -0.25) is 4.79 Å². The Bertz CT molecular complexity index is 477. The Morgan fingerprint density at radius 1 is 1.20 bits per heavy atom. The fraction of sp³-hybridized carbons (Fsp3) is 0.385. The summed E-state index contributed by atoms with van der Waals surface area (Å²) in [4.78, 5) is 21.8. The zero-order valence-corrected chi connectivity index (χ0v) is 11.1. The van der Waals surface area contributed by atoms with Gasteiger partial charge in [0.05, 0.1) is 5.69 Å². The van der Waals surface area contributed by atoms with Gasteiger partial charge in [-0.05, 0) is 25.0 Å². The lowest BCUT2D eigenvalue weighted by atomic mass is 10.2. The number of aromatic hydroxyl groups is 1. The number of nitrogen functional groups attached to an aromatic ring is 1. The summed E-state index contributed by atoms with van der Waals surface area (Å²) in [5, 5.41) is 23.0. The van der Waals surface area contributed by atoms with Crippen molar-refractivity contribution in [1.29, 1.82) is 0 Å². The molecule has 0 radical (unpaired) electrons. The number of anilines is 2. The maximum atomic E-state index is 11.5. The lowest BCUT2D eigenvalue weighted by Gasteiger charge is -2.08. The number of benzene rings is 1. The minimum absolute atomic E-state index is 0.0866. The number of carboxylic acid groups (broad SMARTS) is 1. The number of rotatable bonds is 7. The van der Waals surface area contributed by atoms with Gasteiger partial charge in [0, 0.05) is 24.7 Å². The molecular formula is C13H19N3O4. The number of unbranched alkanes of at least 4 members (excludes halogenated alkanes) is 2. The summed E-state index contributed by atoms with van der Waals surface area (Å²) in [5.74, 6) is -0.893. The monoisotopic (exact) mass is 281 g/mol. The Morgan fingerprint density at radius 2 is 1.95 bits per heavy atom. The van der Waals surface area contributed by atoms with E-state index in [-0.39, 0.29) is 23.9 Å². The second kappa shape index (κ2) is 7.88. The van der Waals surface area contributed by atoms with Crippen molar-refractivity contribution in [1.82, 2.24) is 5.32 Å². The third-order valence-corrected chi connectivity index (χ3v) is 2.64. The van der Waals surface area contributed by atoms with Crippen molar-refractivity contribution < 1.29 is 19.8 Å². The van der Waals surface area contributed by atoms with E-state index in [1.807, 2.05) is 0 Å². The van der Waals surface area contributed by atoms with E-state index in [2.05, 4.69) is 10.6 Å². The summed E-state index contributed by atoms with van der Waals surface area (Å²) in [7, 11) is 0.